The van der Waals surface area contributed by atoms with Crippen molar-refractivity contribution < 1.29 is 58.6 Å². The van der Waals surface area contributed by atoms with Crippen LogP contribution in [0.25, 0.3) is 0 Å². The van der Waals surface area contributed by atoms with E-state index < -0.39 is 35.4 Å². The van der Waals surface area contributed by atoms with Crippen molar-refractivity contribution in [2.24, 2.45) is 0 Å². The quantitative estimate of drug-likeness (QED) is 0.0950. The zero-order chi connectivity index (χ0) is 39.1. The fraction of sp³-hybridized carbons (Fsp3) is 0.282. The van der Waals surface area contributed by atoms with E-state index in [9.17, 15) is 39.6 Å². The summed E-state index contributed by atoms with van der Waals surface area (Å²) in [6, 6.07) is 4.00. The molecule has 0 aliphatic heterocycles. The number of aryl methyl sites for hydroxylation is 2. The maximum atomic E-state index is 13.6. The predicted molar refractivity (Wildman–Crippen MR) is 194 cm³/mol. The van der Waals surface area contributed by atoms with Gasteiger partial charge in [-0.2, -0.15) is 0 Å². The average Bonchev–Trinajstić information content (AvgIpc) is 3.06. The molecular weight excluding hydrogens is 740 g/mol. The molecule has 0 bridgehead atoms. The van der Waals surface area contributed by atoms with Gasteiger partial charge in [0.2, 0.25) is 0 Å². The zero-order valence-corrected chi connectivity index (χ0v) is 32.0. The van der Waals surface area contributed by atoms with Gasteiger partial charge < -0.3 is 39.4 Å². The minimum absolute atomic E-state index is 0.0311. The predicted octanol–water partition coefficient (Wildman–Crippen LogP) is 7.96. The number of carboxylic acids is 1. The van der Waals surface area contributed by atoms with Crippen molar-refractivity contribution in [1.29, 1.82) is 0 Å². The van der Waals surface area contributed by atoms with Gasteiger partial charge in [-0.1, -0.05) is 6.92 Å². The van der Waals surface area contributed by atoms with Crippen LogP contribution in [0.15, 0.2) is 22.7 Å². The summed E-state index contributed by atoms with van der Waals surface area (Å²) >= 11 is 3.24. The molecule has 0 fully saturated rings. The summed E-state index contributed by atoms with van der Waals surface area (Å²) in [7, 11) is 1.33. The number of phenolic OH excluding ortho intramolecular Hbond substituents is 3. The molecule has 4 rings (SSSR count). The molecule has 0 heterocycles. The van der Waals surface area contributed by atoms with E-state index in [2.05, 4.69) is 15.9 Å². The Labute approximate surface area is 308 Å². The molecule has 12 nitrogen and oxygen atoms in total. The number of aromatic hydroxyl groups is 3. The van der Waals surface area contributed by atoms with Gasteiger partial charge in [-0.05, 0) is 134 Å². The van der Waals surface area contributed by atoms with Gasteiger partial charge in [0.1, 0.15) is 55.7 Å². The number of rotatable bonds is 9. The Kier molecular flexibility index (Phi) is 11.3. The van der Waals surface area contributed by atoms with E-state index in [1.54, 1.807) is 34.6 Å². The van der Waals surface area contributed by atoms with Crippen molar-refractivity contribution in [3.8, 4) is 40.2 Å². The number of hydrogen-bond acceptors (Lipinski definition) is 11. The van der Waals surface area contributed by atoms with Crippen LogP contribution < -0.4 is 18.9 Å². The molecule has 0 aromatic heterocycles. The summed E-state index contributed by atoms with van der Waals surface area (Å²) in [5, 5.41) is 42.0. The molecule has 0 spiro atoms. The first-order chi connectivity index (χ1) is 24.3. The second-order valence-electron chi connectivity index (χ2n) is 12.4. The smallest absolute Gasteiger partial charge is 0.347 e. The third-order valence-corrected chi connectivity index (χ3v) is 10.0. The molecule has 4 aromatic rings. The summed E-state index contributed by atoms with van der Waals surface area (Å²) in [5.74, 6) is -4.90. The summed E-state index contributed by atoms with van der Waals surface area (Å²) in [4.78, 5) is 52.3. The van der Waals surface area contributed by atoms with Gasteiger partial charge in [-0.3, -0.25) is 0 Å². The molecule has 4 N–H and O–H groups in total. The molecule has 52 heavy (non-hydrogen) atoms. The first-order valence-corrected chi connectivity index (χ1v) is 16.8. The molecule has 0 amide bonds. The highest BCUT2D eigenvalue weighted by Gasteiger charge is 2.31. The lowest BCUT2D eigenvalue weighted by molar-refractivity contribution is 0.0689. The number of esters is 3. The van der Waals surface area contributed by atoms with E-state index in [4.69, 9.17) is 18.9 Å². The summed E-state index contributed by atoms with van der Waals surface area (Å²) in [6.45, 7) is 14.4. The summed E-state index contributed by atoms with van der Waals surface area (Å²) < 4.78 is 22.3. The first kappa shape index (κ1) is 39.2. The number of methoxy groups -OCH3 is 1. The minimum Gasteiger partial charge on any atom is -0.508 e. The largest absolute Gasteiger partial charge is 0.508 e. The normalized spacial score (nSPS) is 10.9. The number of carboxylic acid groups (broad SMARTS) is 1. The van der Waals surface area contributed by atoms with Gasteiger partial charge in [-0.25, -0.2) is 19.2 Å². The van der Waals surface area contributed by atoms with Crippen molar-refractivity contribution in [1.82, 2.24) is 0 Å². The van der Waals surface area contributed by atoms with Crippen LogP contribution in [0.1, 0.15) is 98.4 Å². The lowest BCUT2D eigenvalue weighted by Gasteiger charge is -2.21. The minimum atomic E-state index is -1.09. The van der Waals surface area contributed by atoms with Gasteiger partial charge in [0, 0.05) is 11.6 Å². The van der Waals surface area contributed by atoms with E-state index in [-0.39, 0.29) is 72.2 Å². The highest BCUT2D eigenvalue weighted by Crippen LogP contribution is 2.44. The molecule has 4 aromatic carbocycles. The van der Waals surface area contributed by atoms with Crippen LogP contribution >= 0.6 is 15.9 Å². The van der Waals surface area contributed by atoms with Crippen LogP contribution in [-0.2, 0) is 6.42 Å². The molecule has 13 heteroatoms. The molecule has 0 radical (unpaired) electrons. The number of carbonyl (C=O) groups excluding carboxylic acids is 3. The van der Waals surface area contributed by atoms with Gasteiger partial charge in [0.15, 0.2) is 5.75 Å². The van der Waals surface area contributed by atoms with Crippen molar-refractivity contribution in [2.75, 3.05) is 7.11 Å². The maximum Gasteiger partial charge on any atom is 0.347 e. The first-order valence-electron chi connectivity index (χ1n) is 16.0. The third kappa shape index (κ3) is 6.88. The Morgan fingerprint density at radius 2 is 1.12 bits per heavy atom. The SMILES string of the molecule is CCc1c(C)c(C(=O)O)c(C)c(C)c1OC(=O)c1c(C)cc(OC(=O)c2c(C)c(C)c(OC(=O)c3c(C)cc(O)cc3OC)c(Br)c2O)c(C)c1O. The average molecular weight is 780 g/mol. The summed E-state index contributed by atoms with van der Waals surface area (Å²) in [6.07, 6.45) is 0.382. The number of aromatic carboxylic acids is 1. The lowest BCUT2D eigenvalue weighted by Crippen LogP contribution is -2.17. The Morgan fingerprint density at radius 1 is 0.596 bits per heavy atom. The molecule has 274 valence electrons. The molecule has 0 unspecified atom stereocenters. The third-order valence-electron chi connectivity index (χ3n) is 9.28. The number of halogens is 1. The molecule has 0 saturated heterocycles. The Balaban J connectivity index is 1.67. The Bertz CT molecular complexity index is 2170. The van der Waals surface area contributed by atoms with Crippen LogP contribution in [0.2, 0.25) is 0 Å². The van der Waals surface area contributed by atoms with Gasteiger partial charge in [-0.15, -0.1) is 0 Å². The van der Waals surface area contributed by atoms with Crippen molar-refractivity contribution in [3.63, 3.8) is 0 Å². The second-order valence-corrected chi connectivity index (χ2v) is 13.2. The Hall–Kier alpha value is -5.56. The number of benzene rings is 4. The zero-order valence-electron chi connectivity index (χ0n) is 30.4. The van der Waals surface area contributed by atoms with Gasteiger partial charge in [0.05, 0.1) is 12.7 Å². The Morgan fingerprint density at radius 3 is 1.69 bits per heavy atom. The van der Waals surface area contributed by atoms with Crippen molar-refractivity contribution >= 4 is 39.8 Å². The van der Waals surface area contributed by atoms with E-state index in [0.29, 0.717) is 39.8 Å². The fourth-order valence-corrected chi connectivity index (χ4v) is 6.77. The highest BCUT2D eigenvalue weighted by atomic mass is 79.9. The van der Waals surface area contributed by atoms with Crippen LogP contribution in [0, 0.1) is 55.4 Å². The van der Waals surface area contributed by atoms with Gasteiger partial charge >= 0.3 is 23.9 Å². The highest BCUT2D eigenvalue weighted by molar-refractivity contribution is 9.10. The second kappa shape index (κ2) is 15.0. The van der Waals surface area contributed by atoms with E-state index in [1.165, 1.54) is 46.1 Å². The van der Waals surface area contributed by atoms with Crippen molar-refractivity contribution in [2.45, 2.75) is 68.7 Å². The molecule has 0 aliphatic carbocycles. The number of phenols is 3. The number of carbonyl (C=O) groups is 4. The van der Waals surface area contributed by atoms with Crippen LogP contribution in [0.4, 0.5) is 0 Å². The van der Waals surface area contributed by atoms with Crippen LogP contribution in [0.3, 0.4) is 0 Å². The molecule has 0 aliphatic rings. The van der Waals surface area contributed by atoms with E-state index >= 15 is 0 Å². The van der Waals surface area contributed by atoms with Crippen molar-refractivity contribution in [3.05, 3.63) is 95.0 Å². The van der Waals surface area contributed by atoms with E-state index in [1.807, 2.05) is 6.92 Å². The fourth-order valence-electron chi connectivity index (χ4n) is 6.19. The van der Waals surface area contributed by atoms with E-state index in [0.717, 1.165) is 0 Å². The number of hydrogen-bond donors (Lipinski definition) is 4. The molecular formula is C39H39BrO12. The maximum absolute atomic E-state index is 13.6. The molecule has 0 atom stereocenters. The molecule has 0 saturated carbocycles. The topological polar surface area (TPSA) is 186 Å². The van der Waals surface area contributed by atoms with Crippen LogP contribution in [0.5, 0.6) is 40.2 Å². The van der Waals surface area contributed by atoms with Crippen LogP contribution in [-0.4, -0.2) is 51.4 Å². The summed E-state index contributed by atoms with van der Waals surface area (Å²) in [5.41, 5.74) is 2.86. The van der Waals surface area contributed by atoms with Gasteiger partial charge in [0.25, 0.3) is 0 Å². The standard InChI is InChI=1S/C39H39BrO12/c1-11-24-21(8)29(36(44)45)17(4)19(6)34(24)51-38(47)28-16(3)13-25(22(9)32(28)42)50-39(48)30-18(5)20(7)35(31(40)33(30)43)52-37(46)27-15(2)12-23(41)14-26(27)49-10/h12-14,41-43H,11H2,1-10H3,(H,44,45). The lowest BCUT2D eigenvalue weighted by atomic mass is 9.91. The monoisotopic (exact) mass is 778 g/mol. The number of ether oxygens (including phenoxy) is 4.